The van der Waals surface area contributed by atoms with E-state index in [1.807, 2.05) is 6.07 Å². The highest BCUT2D eigenvalue weighted by molar-refractivity contribution is 6.06. The maximum atomic E-state index is 13.3. The van der Waals surface area contributed by atoms with Gasteiger partial charge in [-0.05, 0) is 28.5 Å². The van der Waals surface area contributed by atoms with Gasteiger partial charge >= 0.3 is 0 Å². The van der Waals surface area contributed by atoms with E-state index in [1.54, 1.807) is 18.2 Å². The van der Waals surface area contributed by atoms with Crippen molar-refractivity contribution < 1.29 is 23.9 Å². The first-order valence-electron chi connectivity index (χ1n) is 10.7. The number of allylic oxidation sites excluding steroid dienone is 4. The fourth-order valence-electron chi connectivity index (χ4n) is 4.95. The average molecular weight is 424 g/mol. The minimum Gasteiger partial charge on any atom is -0.484 e. The van der Waals surface area contributed by atoms with E-state index in [-0.39, 0.29) is 29.0 Å². The smallest absolute Gasteiger partial charge is 0.255 e. The summed E-state index contributed by atoms with van der Waals surface area (Å²) in [6, 6.07) is 7.21. The Balaban J connectivity index is 1.84. The van der Waals surface area contributed by atoms with Gasteiger partial charge in [0.15, 0.2) is 18.2 Å². The Hall–Kier alpha value is -2.89. The van der Waals surface area contributed by atoms with E-state index >= 15 is 0 Å². The number of primary amides is 1. The summed E-state index contributed by atoms with van der Waals surface area (Å²) in [5.41, 5.74) is 6.75. The molecule has 0 unspecified atom stereocenters. The van der Waals surface area contributed by atoms with Gasteiger partial charge in [-0.3, -0.25) is 14.4 Å². The maximum Gasteiger partial charge on any atom is 0.255 e. The molecule has 6 heteroatoms. The number of carbonyl (C=O) groups excluding carboxylic acids is 3. The van der Waals surface area contributed by atoms with Crippen LogP contribution < -0.4 is 10.5 Å². The zero-order chi connectivity index (χ0) is 22.6. The number of nitrogens with two attached hydrogens (primary N) is 1. The van der Waals surface area contributed by atoms with Gasteiger partial charge in [-0.1, -0.05) is 39.8 Å². The molecular weight excluding hydrogens is 394 g/mol. The van der Waals surface area contributed by atoms with Crippen molar-refractivity contribution in [1.82, 2.24) is 0 Å². The number of ether oxygens (including phenoxy) is 2. The second-order valence-corrected chi connectivity index (χ2v) is 10.4. The molecule has 2 N–H and O–H groups in total. The van der Waals surface area contributed by atoms with E-state index in [4.69, 9.17) is 15.2 Å². The number of ketones is 2. The fourth-order valence-corrected chi connectivity index (χ4v) is 4.95. The maximum absolute atomic E-state index is 13.3. The lowest BCUT2D eigenvalue weighted by Gasteiger charge is -2.42. The second-order valence-electron chi connectivity index (χ2n) is 10.4. The van der Waals surface area contributed by atoms with Crippen LogP contribution >= 0.6 is 0 Å². The first-order chi connectivity index (χ1) is 14.5. The lowest BCUT2D eigenvalue weighted by atomic mass is 9.65. The normalized spacial score (nSPS) is 22.6. The van der Waals surface area contributed by atoms with E-state index < -0.39 is 11.8 Å². The molecule has 0 bridgehead atoms. The molecule has 4 rings (SSSR count). The summed E-state index contributed by atoms with van der Waals surface area (Å²) >= 11 is 0. The standard InChI is InChI=1S/C25H29NO5/c1-24(2)9-16(27)22-18(11-24)31-19-12-25(3,4)10-17(28)23(19)21(22)14-6-5-7-15(8-14)30-13-20(26)29/h5-8,21H,9-13H2,1-4H3,(H2,26,29). The van der Waals surface area contributed by atoms with Gasteiger partial charge in [0.05, 0.1) is 0 Å². The summed E-state index contributed by atoms with van der Waals surface area (Å²) in [5.74, 6) is 0.814. The Morgan fingerprint density at radius 2 is 1.55 bits per heavy atom. The molecule has 0 spiro atoms. The third-order valence-electron chi connectivity index (χ3n) is 6.15. The quantitative estimate of drug-likeness (QED) is 0.791. The first kappa shape index (κ1) is 21.3. The highest BCUT2D eigenvalue weighted by Gasteiger charge is 2.47. The van der Waals surface area contributed by atoms with Crippen LogP contribution in [0.3, 0.4) is 0 Å². The van der Waals surface area contributed by atoms with Crippen LogP contribution in [0.2, 0.25) is 0 Å². The number of Topliss-reactive ketones (excluding diaryl/α,β-unsaturated/α-hetero) is 2. The molecule has 31 heavy (non-hydrogen) atoms. The minimum absolute atomic E-state index is 0.0175. The third-order valence-corrected chi connectivity index (χ3v) is 6.15. The van der Waals surface area contributed by atoms with Gasteiger partial charge in [-0.25, -0.2) is 0 Å². The summed E-state index contributed by atoms with van der Waals surface area (Å²) in [5, 5.41) is 0. The summed E-state index contributed by atoms with van der Waals surface area (Å²) in [7, 11) is 0. The van der Waals surface area contributed by atoms with Crippen LogP contribution in [0.4, 0.5) is 0 Å². The molecule has 6 nitrogen and oxygen atoms in total. The summed E-state index contributed by atoms with van der Waals surface area (Å²) in [4.78, 5) is 37.7. The lowest BCUT2D eigenvalue weighted by molar-refractivity contribution is -0.121. The number of hydrogen-bond donors (Lipinski definition) is 1. The largest absolute Gasteiger partial charge is 0.484 e. The molecule has 1 aliphatic heterocycles. The number of carbonyl (C=O) groups is 3. The van der Waals surface area contributed by atoms with Crippen LogP contribution in [0.1, 0.15) is 64.9 Å². The monoisotopic (exact) mass is 423 g/mol. The van der Waals surface area contributed by atoms with Crippen LogP contribution in [0, 0.1) is 10.8 Å². The Bertz CT molecular complexity index is 992. The van der Waals surface area contributed by atoms with Gasteiger partial charge in [0.1, 0.15) is 17.3 Å². The summed E-state index contributed by atoms with van der Waals surface area (Å²) in [6.07, 6.45) is 2.11. The van der Waals surface area contributed by atoms with Gasteiger partial charge in [0.2, 0.25) is 0 Å². The van der Waals surface area contributed by atoms with Crippen molar-refractivity contribution in [3.05, 3.63) is 52.5 Å². The average Bonchev–Trinajstić information content (AvgIpc) is 2.63. The van der Waals surface area contributed by atoms with Crippen molar-refractivity contribution in [2.24, 2.45) is 16.6 Å². The predicted octanol–water partition coefficient (Wildman–Crippen LogP) is 3.95. The second kappa shape index (κ2) is 7.36. The van der Waals surface area contributed by atoms with Crippen molar-refractivity contribution in [3.63, 3.8) is 0 Å². The molecule has 0 saturated heterocycles. The molecule has 1 amide bonds. The van der Waals surface area contributed by atoms with Crippen molar-refractivity contribution >= 4 is 17.5 Å². The molecule has 3 aliphatic rings. The van der Waals surface area contributed by atoms with E-state index in [9.17, 15) is 14.4 Å². The molecule has 1 aromatic carbocycles. The number of hydrogen-bond acceptors (Lipinski definition) is 5. The zero-order valence-electron chi connectivity index (χ0n) is 18.5. The molecule has 0 atom stereocenters. The number of benzene rings is 1. The van der Waals surface area contributed by atoms with Gasteiger partial charge in [0.25, 0.3) is 5.91 Å². The van der Waals surface area contributed by atoms with Crippen molar-refractivity contribution in [3.8, 4) is 5.75 Å². The third kappa shape index (κ3) is 4.16. The van der Waals surface area contributed by atoms with E-state index in [1.165, 1.54) is 0 Å². The summed E-state index contributed by atoms with van der Waals surface area (Å²) < 4.78 is 11.8. The van der Waals surface area contributed by atoms with Crippen LogP contribution in [0.5, 0.6) is 5.75 Å². The Morgan fingerprint density at radius 3 is 2.06 bits per heavy atom. The van der Waals surface area contributed by atoms with E-state index in [2.05, 4.69) is 27.7 Å². The van der Waals surface area contributed by atoms with Crippen LogP contribution in [-0.2, 0) is 19.1 Å². The van der Waals surface area contributed by atoms with Crippen molar-refractivity contribution in [2.75, 3.05) is 6.61 Å². The zero-order valence-corrected chi connectivity index (χ0v) is 18.5. The lowest BCUT2D eigenvalue weighted by Crippen LogP contribution is -2.37. The fraction of sp³-hybridized carbons (Fsp3) is 0.480. The molecule has 0 radical (unpaired) electrons. The molecule has 1 aromatic rings. The Kier molecular flexibility index (Phi) is 5.07. The Labute approximate surface area is 182 Å². The summed E-state index contributed by atoms with van der Waals surface area (Å²) in [6.45, 7) is 8.01. The van der Waals surface area contributed by atoms with Gasteiger partial charge in [0, 0.05) is 42.7 Å². The Morgan fingerprint density at radius 1 is 1.00 bits per heavy atom. The van der Waals surface area contributed by atoms with Gasteiger partial charge in [-0.15, -0.1) is 0 Å². The molecular formula is C25H29NO5. The van der Waals surface area contributed by atoms with Crippen LogP contribution in [0.25, 0.3) is 0 Å². The predicted molar refractivity (Wildman–Crippen MR) is 115 cm³/mol. The highest BCUT2D eigenvalue weighted by Crippen LogP contribution is 2.53. The molecule has 2 aliphatic carbocycles. The van der Waals surface area contributed by atoms with Crippen LogP contribution in [-0.4, -0.2) is 24.1 Å². The van der Waals surface area contributed by atoms with E-state index in [0.29, 0.717) is 54.1 Å². The molecule has 0 saturated carbocycles. The first-order valence-corrected chi connectivity index (χ1v) is 10.7. The topological polar surface area (TPSA) is 95.7 Å². The van der Waals surface area contributed by atoms with Crippen molar-refractivity contribution in [2.45, 2.75) is 59.3 Å². The van der Waals surface area contributed by atoms with E-state index in [0.717, 1.165) is 5.56 Å². The van der Waals surface area contributed by atoms with Crippen LogP contribution in [0.15, 0.2) is 46.9 Å². The number of amides is 1. The minimum atomic E-state index is -0.569. The number of rotatable bonds is 4. The van der Waals surface area contributed by atoms with Gasteiger partial charge < -0.3 is 15.2 Å². The molecule has 1 heterocycles. The SMILES string of the molecule is CC1(C)CC(=O)C2=C(C1)OC1=C(C(=O)CC(C)(C)C1)C2c1cccc(OCC(N)=O)c1. The highest BCUT2D eigenvalue weighted by atomic mass is 16.5. The van der Waals surface area contributed by atoms with Crippen molar-refractivity contribution in [1.29, 1.82) is 0 Å². The molecule has 0 aromatic heterocycles. The molecule has 164 valence electrons. The van der Waals surface area contributed by atoms with Gasteiger partial charge in [-0.2, -0.15) is 0 Å². The molecule has 0 fully saturated rings.